The van der Waals surface area contributed by atoms with Gasteiger partial charge in [-0.2, -0.15) is 8.78 Å². The largest absolute Gasteiger partial charge is 0.427 e. The van der Waals surface area contributed by atoms with E-state index in [-0.39, 0.29) is 11.3 Å². The summed E-state index contributed by atoms with van der Waals surface area (Å²) in [5.41, 5.74) is 3.70. The van der Waals surface area contributed by atoms with Crippen LogP contribution in [0, 0.1) is 5.82 Å². The maximum absolute atomic E-state index is 15.0. The fraction of sp³-hybridized carbons (Fsp3) is 0.400. The van der Waals surface area contributed by atoms with Crippen LogP contribution in [0.2, 0.25) is 0 Å². The van der Waals surface area contributed by atoms with E-state index < -0.39 is 11.9 Å². The van der Waals surface area contributed by atoms with Gasteiger partial charge in [-0.25, -0.2) is 4.39 Å². The number of fused-ring (bicyclic) bond motifs is 3. The second kappa shape index (κ2) is 10.7. The van der Waals surface area contributed by atoms with Gasteiger partial charge in [0.2, 0.25) is 0 Å². The van der Waals surface area contributed by atoms with Crippen molar-refractivity contribution < 1.29 is 17.9 Å². The van der Waals surface area contributed by atoms with E-state index in [9.17, 15) is 13.2 Å². The maximum Gasteiger partial charge on any atom is 0.427 e. The molecular weight excluding hydrogens is 433 g/mol. The van der Waals surface area contributed by atoms with E-state index in [1.54, 1.807) is 18.2 Å². The van der Waals surface area contributed by atoms with E-state index in [0.29, 0.717) is 28.7 Å². The Morgan fingerprint density at radius 1 is 0.706 bits per heavy atom. The third-order valence-corrected chi connectivity index (χ3v) is 6.66. The molecule has 0 spiro atoms. The van der Waals surface area contributed by atoms with Crippen LogP contribution in [0.3, 0.4) is 0 Å². The molecule has 180 valence electrons. The zero-order valence-electron chi connectivity index (χ0n) is 20.1. The van der Waals surface area contributed by atoms with Crippen LogP contribution in [0.15, 0.2) is 54.6 Å². The molecule has 0 atom stereocenters. The molecule has 0 aliphatic carbocycles. The van der Waals surface area contributed by atoms with Crippen molar-refractivity contribution in [1.29, 1.82) is 0 Å². The third kappa shape index (κ3) is 5.16. The van der Waals surface area contributed by atoms with Crippen LogP contribution in [-0.2, 0) is 19.0 Å². The quantitative estimate of drug-likeness (QED) is 0.270. The second-order valence-electron chi connectivity index (χ2n) is 9.26. The van der Waals surface area contributed by atoms with Crippen LogP contribution >= 0.6 is 0 Å². The molecule has 1 aliphatic heterocycles. The highest BCUT2D eigenvalue weighted by Gasteiger charge is 2.43. The Bertz CT molecular complexity index is 1120. The van der Waals surface area contributed by atoms with Crippen molar-refractivity contribution in [2.45, 2.75) is 77.7 Å². The minimum absolute atomic E-state index is 0.226. The number of ether oxygens (including phenoxy) is 1. The molecule has 3 aromatic rings. The summed E-state index contributed by atoms with van der Waals surface area (Å²) < 4.78 is 49.8. The van der Waals surface area contributed by atoms with Crippen molar-refractivity contribution in [3.05, 3.63) is 77.1 Å². The Morgan fingerprint density at radius 2 is 1.38 bits per heavy atom. The third-order valence-electron chi connectivity index (χ3n) is 6.66. The van der Waals surface area contributed by atoms with Crippen LogP contribution in [0.25, 0.3) is 22.3 Å². The summed E-state index contributed by atoms with van der Waals surface area (Å²) in [5.74, 6) is -1.04. The Balaban J connectivity index is 1.54. The average molecular weight is 467 g/mol. The van der Waals surface area contributed by atoms with Crippen molar-refractivity contribution in [3.8, 4) is 28.0 Å². The molecule has 34 heavy (non-hydrogen) atoms. The van der Waals surface area contributed by atoms with Crippen LogP contribution in [-0.4, -0.2) is 0 Å². The number of hydrogen-bond acceptors (Lipinski definition) is 1. The molecule has 0 amide bonds. The summed E-state index contributed by atoms with van der Waals surface area (Å²) >= 11 is 0. The summed E-state index contributed by atoms with van der Waals surface area (Å²) in [5, 5.41) is 0. The highest BCUT2D eigenvalue weighted by Crippen LogP contribution is 2.49. The minimum atomic E-state index is -3.60. The maximum atomic E-state index is 15.0. The number of benzene rings is 3. The van der Waals surface area contributed by atoms with E-state index in [1.807, 2.05) is 25.1 Å². The van der Waals surface area contributed by atoms with E-state index in [0.717, 1.165) is 18.4 Å². The zero-order chi connectivity index (χ0) is 24.1. The van der Waals surface area contributed by atoms with Crippen molar-refractivity contribution in [2.75, 3.05) is 0 Å². The first-order valence-electron chi connectivity index (χ1n) is 12.6. The Morgan fingerprint density at radius 3 is 2.12 bits per heavy atom. The molecule has 4 rings (SSSR count). The smallest absolute Gasteiger partial charge is 0.425 e. The summed E-state index contributed by atoms with van der Waals surface area (Å²) in [6.45, 7) is 4.15. The van der Waals surface area contributed by atoms with E-state index in [2.05, 4.69) is 19.1 Å². The monoisotopic (exact) mass is 466 g/mol. The van der Waals surface area contributed by atoms with Gasteiger partial charge in [-0.15, -0.1) is 0 Å². The molecule has 1 heterocycles. The number of unbranched alkanes of at least 4 members (excludes halogenated alkanes) is 5. The highest BCUT2D eigenvalue weighted by molar-refractivity contribution is 5.80. The van der Waals surface area contributed by atoms with E-state index >= 15 is 0 Å². The van der Waals surface area contributed by atoms with Gasteiger partial charge in [0.05, 0.1) is 5.56 Å². The lowest BCUT2D eigenvalue weighted by Crippen LogP contribution is -2.27. The molecule has 1 aliphatic rings. The first-order valence-corrected chi connectivity index (χ1v) is 12.6. The number of halogens is 3. The molecule has 4 heteroatoms. The van der Waals surface area contributed by atoms with Gasteiger partial charge in [0, 0.05) is 5.56 Å². The molecule has 0 radical (unpaired) electrons. The summed E-state index contributed by atoms with van der Waals surface area (Å²) in [7, 11) is 0. The van der Waals surface area contributed by atoms with Crippen LogP contribution in [0.5, 0.6) is 5.75 Å². The van der Waals surface area contributed by atoms with Crippen LogP contribution in [0.4, 0.5) is 13.2 Å². The van der Waals surface area contributed by atoms with E-state index in [1.165, 1.54) is 50.2 Å². The van der Waals surface area contributed by atoms with Gasteiger partial charge >= 0.3 is 6.11 Å². The standard InChI is InChI=1S/C30H33F3O/c1-3-5-6-7-8-9-11-21-12-14-22(15-13-21)24-17-18-25-26-19-16-23(10-4-2)28(31)29(26)34-30(32,33)27(25)20-24/h12-20H,3-11H2,1-2H3. The normalized spacial score (nSPS) is 13.8. The SMILES string of the molecule is CCCCCCCCc1ccc(-c2ccc3c(c2)C(F)(F)Oc2c-3ccc(CCC)c2F)cc1. The lowest BCUT2D eigenvalue weighted by molar-refractivity contribution is -0.188. The molecule has 0 unspecified atom stereocenters. The fourth-order valence-corrected chi connectivity index (χ4v) is 4.73. The van der Waals surface area contributed by atoms with Crippen molar-refractivity contribution >= 4 is 0 Å². The number of alkyl halides is 2. The van der Waals surface area contributed by atoms with Gasteiger partial charge in [-0.05, 0) is 53.1 Å². The van der Waals surface area contributed by atoms with Gasteiger partial charge < -0.3 is 4.74 Å². The number of aryl methyl sites for hydroxylation is 2. The van der Waals surface area contributed by atoms with Gasteiger partial charge in [0.1, 0.15) is 0 Å². The van der Waals surface area contributed by atoms with Gasteiger partial charge in [-0.3, -0.25) is 0 Å². The molecule has 1 nitrogen and oxygen atoms in total. The van der Waals surface area contributed by atoms with Crippen LogP contribution < -0.4 is 4.74 Å². The van der Waals surface area contributed by atoms with Crippen molar-refractivity contribution in [3.63, 3.8) is 0 Å². The van der Waals surface area contributed by atoms with Gasteiger partial charge in [0.25, 0.3) is 0 Å². The lowest BCUT2D eigenvalue weighted by Gasteiger charge is -2.29. The number of rotatable bonds is 10. The molecule has 0 aromatic heterocycles. The Labute approximate surface area is 201 Å². The Hall–Kier alpha value is -2.75. The zero-order valence-corrected chi connectivity index (χ0v) is 20.1. The van der Waals surface area contributed by atoms with Crippen molar-refractivity contribution in [2.24, 2.45) is 0 Å². The molecule has 0 N–H and O–H groups in total. The average Bonchev–Trinajstić information content (AvgIpc) is 2.84. The fourth-order valence-electron chi connectivity index (χ4n) is 4.73. The van der Waals surface area contributed by atoms with Crippen LogP contribution in [0.1, 0.15) is 75.5 Å². The minimum Gasteiger partial charge on any atom is -0.425 e. The molecular formula is C30H33F3O. The molecule has 3 aromatic carbocycles. The van der Waals surface area contributed by atoms with Gasteiger partial charge in [0.15, 0.2) is 11.6 Å². The first-order chi connectivity index (χ1) is 16.4. The van der Waals surface area contributed by atoms with Crippen molar-refractivity contribution in [1.82, 2.24) is 0 Å². The summed E-state index contributed by atoms with van der Waals surface area (Å²) in [4.78, 5) is 0. The predicted molar refractivity (Wildman–Crippen MR) is 133 cm³/mol. The Kier molecular flexibility index (Phi) is 7.65. The topological polar surface area (TPSA) is 9.23 Å². The van der Waals surface area contributed by atoms with Gasteiger partial charge in [-0.1, -0.05) is 101 Å². The summed E-state index contributed by atoms with van der Waals surface area (Å²) in [6, 6.07) is 16.4. The first kappa shape index (κ1) is 24.4. The molecule has 0 fully saturated rings. The predicted octanol–water partition coefficient (Wildman–Crippen LogP) is 9.46. The lowest BCUT2D eigenvalue weighted by atomic mass is 9.90. The number of hydrogen-bond donors (Lipinski definition) is 0. The molecule has 0 bridgehead atoms. The van der Waals surface area contributed by atoms with E-state index in [4.69, 9.17) is 4.74 Å². The second-order valence-corrected chi connectivity index (χ2v) is 9.26. The molecule has 0 saturated carbocycles. The molecule has 0 saturated heterocycles. The highest BCUT2D eigenvalue weighted by atomic mass is 19.3. The summed E-state index contributed by atoms with van der Waals surface area (Å²) in [6.07, 6.45) is 6.20.